The SMILES string of the molecule is [N-]=[N+]=NCCOC(=O)N1CCC(N2CC(=O)Nc3ccc(Cl)nc32)CC1. The number of hydrogen-bond donors (Lipinski definition) is 1. The number of amides is 2. The average Bonchev–Trinajstić information content (AvgIpc) is 2.65. The van der Waals surface area contributed by atoms with Crippen LogP contribution in [0.15, 0.2) is 17.2 Å². The van der Waals surface area contributed by atoms with Gasteiger partial charge in [0.05, 0.1) is 25.4 Å². The van der Waals surface area contributed by atoms with Gasteiger partial charge in [-0.3, -0.25) is 4.79 Å². The van der Waals surface area contributed by atoms with Crippen LogP contribution in [0.5, 0.6) is 0 Å². The first-order valence-electron chi connectivity index (χ1n) is 8.24. The Bertz CT molecular complexity index is 745. The van der Waals surface area contributed by atoms with Crippen molar-refractivity contribution in [2.45, 2.75) is 18.9 Å². The van der Waals surface area contributed by atoms with E-state index >= 15 is 0 Å². The van der Waals surface area contributed by atoms with Crippen LogP contribution in [0, 0.1) is 0 Å². The molecule has 1 aromatic rings. The van der Waals surface area contributed by atoms with Gasteiger partial charge in [-0.15, -0.1) is 0 Å². The van der Waals surface area contributed by atoms with Crippen molar-refractivity contribution in [2.75, 3.05) is 43.0 Å². The van der Waals surface area contributed by atoms with E-state index in [4.69, 9.17) is 21.9 Å². The topological polar surface area (TPSA) is 124 Å². The average molecular weight is 380 g/mol. The van der Waals surface area contributed by atoms with Crippen molar-refractivity contribution in [2.24, 2.45) is 5.11 Å². The molecule has 26 heavy (non-hydrogen) atoms. The highest BCUT2D eigenvalue weighted by molar-refractivity contribution is 6.29. The molecule has 1 N–H and O–H groups in total. The summed E-state index contributed by atoms with van der Waals surface area (Å²) in [7, 11) is 0. The third kappa shape index (κ3) is 4.09. The van der Waals surface area contributed by atoms with E-state index in [-0.39, 0.29) is 31.6 Å². The number of hydrogen-bond acceptors (Lipinski definition) is 6. The molecule has 10 nitrogen and oxygen atoms in total. The van der Waals surface area contributed by atoms with Gasteiger partial charge in [0.1, 0.15) is 5.15 Å². The molecule has 1 saturated heterocycles. The van der Waals surface area contributed by atoms with E-state index in [1.165, 1.54) is 0 Å². The van der Waals surface area contributed by atoms with Crippen molar-refractivity contribution in [1.29, 1.82) is 0 Å². The van der Waals surface area contributed by atoms with E-state index in [1.54, 1.807) is 17.0 Å². The van der Waals surface area contributed by atoms with Crippen LogP contribution in [-0.2, 0) is 9.53 Å². The second-order valence-electron chi connectivity index (χ2n) is 5.97. The summed E-state index contributed by atoms with van der Waals surface area (Å²) in [6.45, 7) is 1.41. The van der Waals surface area contributed by atoms with Gasteiger partial charge in [0.25, 0.3) is 0 Å². The van der Waals surface area contributed by atoms with Crippen LogP contribution < -0.4 is 10.2 Å². The fraction of sp³-hybridized carbons (Fsp3) is 0.533. The Morgan fingerprint density at radius 2 is 2.23 bits per heavy atom. The Morgan fingerprint density at radius 3 is 2.96 bits per heavy atom. The predicted octanol–water partition coefficient (Wildman–Crippen LogP) is 2.40. The summed E-state index contributed by atoms with van der Waals surface area (Å²) in [6.07, 6.45) is 0.952. The van der Waals surface area contributed by atoms with Crippen LogP contribution in [-0.4, -0.2) is 60.7 Å². The summed E-state index contributed by atoms with van der Waals surface area (Å²) in [6, 6.07) is 3.46. The van der Waals surface area contributed by atoms with Crippen molar-refractivity contribution >= 4 is 35.1 Å². The van der Waals surface area contributed by atoms with E-state index < -0.39 is 6.09 Å². The van der Waals surface area contributed by atoms with E-state index in [0.29, 0.717) is 42.6 Å². The van der Waals surface area contributed by atoms with Gasteiger partial charge in [0.15, 0.2) is 5.82 Å². The van der Waals surface area contributed by atoms with E-state index in [1.807, 2.05) is 4.90 Å². The Hall–Kier alpha value is -2.71. The molecule has 0 spiro atoms. The highest BCUT2D eigenvalue weighted by Crippen LogP contribution is 2.32. The van der Waals surface area contributed by atoms with Gasteiger partial charge in [-0.1, -0.05) is 16.7 Å². The summed E-state index contributed by atoms with van der Waals surface area (Å²) in [5.74, 6) is 0.564. The van der Waals surface area contributed by atoms with Crippen LogP contribution >= 0.6 is 11.6 Å². The molecule has 2 aliphatic rings. The molecular weight excluding hydrogens is 362 g/mol. The summed E-state index contributed by atoms with van der Waals surface area (Å²) in [5, 5.41) is 6.48. The fourth-order valence-electron chi connectivity index (χ4n) is 3.13. The lowest BCUT2D eigenvalue weighted by molar-refractivity contribution is -0.115. The predicted molar refractivity (Wildman–Crippen MR) is 95.2 cm³/mol. The standard InChI is InChI=1S/C15H18ClN7O3/c16-12-2-1-11-14(20-12)23(9-13(24)19-11)10-3-6-22(7-4-10)15(25)26-8-5-18-21-17/h1-2,10H,3-9H2,(H,19,24). The first kappa shape index (κ1) is 18.1. The molecule has 0 aliphatic carbocycles. The summed E-state index contributed by atoms with van der Waals surface area (Å²) in [4.78, 5) is 34.5. The number of aromatic nitrogens is 1. The maximum Gasteiger partial charge on any atom is 0.409 e. The lowest BCUT2D eigenvalue weighted by Crippen LogP contribution is -2.51. The lowest BCUT2D eigenvalue weighted by atomic mass is 10.0. The molecule has 2 aliphatic heterocycles. The minimum atomic E-state index is -0.422. The molecule has 3 heterocycles. The maximum atomic E-state index is 12.0. The molecule has 2 amide bonds. The number of likely N-dealkylation sites (tertiary alicyclic amines) is 1. The second kappa shape index (κ2) is 8.11. The molecule has 0 atom stereocenters. The van der Waals surface area contributed by atoms with Gasteiger partial charge in [0.2, 0.25) is 5.91 Å². The number of nitrogens with one attached hydrogen (secondary N) is 1. The van der Waals surface area contributed by atoms with Gasteiger partial charge in [-0.05, 0) is 30.5 Å². The third-order valence-electron chi connectivity index (χ3n) is 4.34. The summed E-state index contributed by atoms with van der Waals surface area (Å²) >= 11 is 6.00. The van der Waals surface area contributed by atoms with Crippen molar-refractivity contribution in [1.82, 2.24) is 9.88 Å². The molecule has 0 unspecified atom stereocenters. The minimum Gasteiger partial charge on any atom is -0.449 e. The number of azide groups is 1. The van der Waals surface area contributed by atoms with Gasteiger partial charge in [0, 0.05) is 24.0 Å². The zero-order valence-electron chi connectivity index (χ0n) is 14.0. The Morgan fingerprint density at radius 1 is 1.46 bits per heavy atom. The number of nitrogens with zero attached hydrogens (tertiary/aromatic N) is 6. The smallest absolute Gasteiger partial charge is 0.409 e. The largest absolute Gasteiger partial charge is 0.449 e. The van der Waals surface area contributed by atoms with Crippen LogP contribution in [0.25, 0.3) is 10.4 Å². The first-order valence-corrected chi connectivity index (χ1v) is 8.62. The Balaban J connectivity index is 1.60. The Kier molecular flexibility index (Phi) is 5.65. The van der Waals surface area contributed by atoms with E-state index in [9.17, 15) is 9.59 Å². The zero-order chi connectivity index (χ0) is 18.5. The molecule has 0 saturated carbocycles. The van der Waals surface area contributed by atoms with Gasteiger partial charge < -0.3 is 19.9 Å². The monoisotopic (exact) mass is 379 g/mol. The number of piperidine rings is 1. The van der Waals surface area contributed by atoms with Crippen LogP contribution in [0.1, 0.15) is 12.8 Å². The number of carbonyl (C=O) groups excluding carboxylic acids is 2. The van der Waals surface area contributed by atoms with Crippen LogP contribution in [0.4, 0.5) is 16.3 Å². The molecule has 11 heteroatoms. The second-order valence-corrected chi connectivity index (χ2v) is 6.36. The number of pyridine rings is 1. The molecule has 0 aromatic carbocycles. The molecule has 0 radical (unpaired) electrons. The molecule has 1 fully saturated rings. The normalized spacial score (nSPS) is 17.2. The zero-order valence-corrected chi connectivity index (χ0v) is 14.7. The first-order chi connectivity index (χ1) is 12.6. The van der Waals surface area contributed by atoms with Crippen molar-refractivity contribution in [3.05, 3.63) is 27.7 Å². The quantitative estimate of drug-likeness (QED) is 0.283. The highest BCUT2D eigenvalue weighted by Gasteiger charge is 2.33. The Labute approximate surface area is 154 Å². The van der Waals surface area contributed by atoms with Gasteiger partial charge in [-0.25, -0.2) is 9.78 Å². The van der Waals surface area contributed by atoms with E-state index in [2.05, 4.69) is 20.3 Å². The van der Waals surface area contributed by atoms with Gasteiger partial charge in [-0.2, -0.15) is 0 Å². The van der Waals surface area contributed by atoms with Crippen LogP contribution in [0.2, 0.25) is 5.15 Å². The van der Waals surface area contributed by atoms with E-state index in [0.717, 1.165) is 0 Å². The van der Waals surface area contributed by atoms with Gasteiger partial charge >= 0.3 is 6.09 Å². The minimum absolute atomic E-state index is 0.0604. The van der Waals surface area contributed by atoms with Crippen molar-refractivity contribution in [3.63, 3.8) is 0 Å². The van der Waals surface area contributed by atoms with Crippen LogP contribution in [0.3, 0.4) is 0 Å². The molecule has 3 rings (SSSR count). The lowest BCUT2D eigenvalue weighted by Gasteiger charge is -2.40. The molecule has 0 bridgehead atoms. The fourth-order valence-corrected chi connectivity index (χ4v) is 3.28. The summed E-state index contributed by atoms with van der Waals surface area (Å²) in [5.41, 5.74) is 8.84. The highest BCUT2D eigenvalue weighted by atomic mass is 35.5. The third-order valence-corrected chi connectivity index (χ3v) is 4.56. The molecule has 1 aromatic heterocycles. The number of anilines is 2. The maximum absolute atomic E-state index is 12.0. The number of halogens is 1. The van der Waals surface area contributed by atoms with Crippen molar-refractivity contribution in [3.8, 4) is 0 Å². The molecular formula is C15H18ClN7O3. The number of ether oxygens (including phenoxy) is 1. The number of rotatable bonds is 4. The summed E-state index contributed by atoms with van der Waals surface area (Å²) < 4.78 is 5.07. The molecule has 138 valence electrons. The van der Waals surface area contributed by atoms with Crippen molar-refractivity contribution < 1.29 is 14.3 Å². The number of fused-ring (bicyclic) bond motifs is 1. The number of carbonyl (C=O) groups is 2.